The van der Waals surface area contributed by atoms with Gasteiger partial charge in [0.25, 0.3) is 10.0 Å². The van der Waals surface area contributed by atoms with E-state index in [-0.39, 0.29) is 37.5 Å². The fourth-order valence-electron chi connectivity index (χ4n) is 5.27. The van der Waals surface area contributed by atoms with Gasteiger partial charge in [-0.2, -0.15) is 0 Å². The fourth-order valence-corrected chi connectivity index (χ4v) is 7.39. The maximum Gasteiger partial charge on any atom is 0.265 e. The summed E-state index contributed by atoms with van der Waals surface area (Å²) in [4.78, 5) is 15.6. The summed E-state index contributed by atoms with van der Waals surface area (Å²) in [6, 6.07) is 13.6. The lowest BCUT2D eigenvalue weighted by molar-refractivity contribution is -0.135. The largest absolute Gasteiger partial charge is 0.493 e. The SMILES string of the molecule is COc1ccc(S(=O)(=O)N2c3ccc(Cl)cc3C(O)(c3ccccc3Cl)C2C(=O)N2CCCC2)cc1OC. The molecule has 1 fully saturated rings. The van der Waals surface area contributed by atoms with Crippen molar-refractivity contribution >= 4 is 44.8 Å². The lowest BCUT2D eigenvalue weighted by atomic mass is 9.82. The van der Waals surface area contributed by atoms with Crippen LogP contribution in [0.5, 0.6) is 11.5 Å². The molecule has 5 rings (SSSR count). The molecule has 8 nitrogen and oxygen atoms in total. The van der Waals surface area contributed by atoms with E-state index in [0.29, 0.717) is 18.8 Å². The van der Waals surface area contributed by atoms with E-state index in [9.17, 15) is 18.3 Å². The molecule has 0 radical (unpaired) electrons. The van der Waals surface area contributed by atoms with Gasteiger partial charge in [-0.15, -0.1) is 0 Å². The maximum atomic E-state index is 14.4. The van der Waals surface area contributed by atoms with Gasteiger partial charge in [-0.3, -0.25) is 4.79 Å². The van der Waals surface area contributed by atoms with Gasteiger partial charge in [0.05, 0.1) is 24.8 Å². The average molecular weight is 577 g/mol. The fraction of sp³-hybridized carbons (Fsp3) is 0.296. The van der Waals surface area contributed by atoms with Crippen LogP contribution in [0.3, 0.4) is 0 Å². The second-order valence-electron chi connectivity index (χ2n) is 9.16. The Hall–Kier alpha value is -2.98. The molecule has 0 aromatic heterocycles. The maximum absolute atomic E-state index is 14.4. The molecule has 1 saturated heterocycles. The molecular formula is C27H26Cl2N2O6S. The normalized spacial score (nSPS) is 20.9. The number of anilines is 1. The van der Waals surface area contributed by atoms with Crippen LogP contribution in [0.15, 0.2) is 65.6 Å². The third-order valence-corrected chi connectivity index (χ3v) is 9.42. The first-order valence-corrected chi connectivity index (χ1v) is 14.2. The zero-order valence-corrected chi connectivity index (χ0v) is 23.1. The molecular weight excluding hydrogens is 551 g/mol. The molecule has 1 N–H and O–H groups in total. The Morgan fingerprint density at radius 3 is 2.29 bits per heavy atom. The molecule has 11 heteroatoms. The molecule has 1 amide bonds. The first-order valence-electron chi connectivity index (χ1n) is 12.0. The predicted molar refractivity (Wildman–Crippen MR) is 145 cm³/mol. The van der Waals surface area contributed by atoms with Gasteiger partial charge in [0.1, 0.15) is 5.60 Å². The van der Waals surface area contributed by atoms with Crippen molar-refractivity contribution in [3.05, 3.63) is 81.8 Å². The third kappa shape index (κ3) is 4.09. The highest BCUT2D eigenvalue weighted by molar-refractivity contribution is 7.93. The van der Waals surface area contributed by atoms with Crippen LogP contribution in [0.2, 0.25) is 10.0 Å². The number of nitrogens with zero attached hydrogens (tertiary/aromatic N) is 2. The molecule has 2 aliphatic rings. The second kappa shape index (κ2) is 9.96. The van der Waals surface area contributed by atoms with Gasteiger partial charge >= 0.3 is 0 Å². The van der Waals surface area contributed by atoms with E-state index in [2.05, 4.69) is 0 Å². The Balaban J connectivity index is 1.79. The molecule has 0 bridgehead atoms. The number of sulfonamides is 1. The third-order valence-electron chi connectivity index (χ3n) is 7.08. The molecule has 200 valence electrons. The number of benzene rings is 3. The van der Waals surface area contributed by atoms with E-state index in [1.54, 1.807) is 29.2 Å². The number of hydrogen-bond acceptors (Lipinski definition) is 6. The minimum atomic E-state index is -4.43. The van der Waals surface area contributed by atoms with Crippen molar-refractivity contribution in [2.45, 2.75) is 29.4 Å². The summed E-state index contributed by atoms with van der Waals surface area (Å²) in [6.07, 6.45) is 1.56. The van der Waals surface area contributed by atoms with Crippen molar-refractivity contribution in [1.82, 2.24) is 4.90 Å². The highest BCUT2D eigenvalue weighted by Gasteiger charge is 2.60. The van der Waals surface area contributed by atoms with Crippen molar-refractivity contribution in [3.63, 3.8) is 0 Å². The number of ether oxygens (including phenoxy) is 2. The van der Waals surface area contributed by atoms with E-state index < -0.39 is 27.6 Å². The number of likely N-dealkylation sites (tertiary alicyclic amines) is 1. The van der Waals surface area contributed by atoms with Crippen LogP contribution in [-0.2, 0) is 20.4 Å². The molecule has 38 heavy (non-hydrogen) atoms. The van der Waals surface area contributed by atoms with Crippen LogP contribution in [-0.4, -0.2) is 57.7 Å². The Bertz CT molecular complexity index is 1510. The number of methoxy groups -OCH3 is 2. The van der Waals surface area contributed by atoms with Crippen molar-refractivity contribution in [2.75, 3.05) is 31.6 Å². The quantitative estimate of drug-likeness (QED) is 0.466. The van der Waals surface area contributed by atoms with Crippen molar-refractivity contribution in [3.8, 4) is 11.5 Å². The van der Waals surface area contributed by atoms with Crippen molar-refractivity contribution in [1.29, 1.82) is 0 Å². The predicted octanol–water partition coefficient (Wildman–Crippen LogP) is 4.45. The molecule has 3 aromatic rings. The summed E-state index contributed by atoms with van der Waals surface area (Å²) in [6.45, 7) is 0.907. The summed E-state index contributed by atoms with van der Waals surface area (Å²) in [7, 11) is -1.59. The van der Waals surface area contributed by atoms with Gasteiger partial charge < -0.3 is 19.5 Å². The van der Waals surface area contributed by atoms with Crippen LogP contribution < -0.4 is 13.8 Å². The highest BCUT2D eigenvalue weighted by Crippen LogP contribution is 2.53. The molecule has 2 atom stereocenters. The van der Waals surface area contributed by atoms with E-state index in [1.807, 2.05) is 0 Å². The number of amides is 1. The van der Waals surface area contributed by atoms with Crippen LogP contribution in [0.4, 0.5) is 5.69 Å². The Morgan fingerprint density at radius 1 is 0.947 bits per heavy atom. The molecule has 0 saturated carbocycles. The van der Waals surface area contributed by atoms with Crippen molar-refractivity contribution < 1.29 is 27.8 Å². The topological polar surface area (TPSA) is 96.4 Å². The summed E-state index contributed by atoms with van der Waals surface area (Å²) in [5.74, 6) is 0.0199. The Labute approximate surface area is 231 Å². The minimum absolute atomic E-state index is 0.129. The summed E-state index contributed by atoms with van der Waals surface area (Å²) >= 11 is 12.9. The van der Waals surface area contributed by atoms with Gasteiger partial charge in [-0.05, 0) is 49.2 Å². The lowest BCUT2D eigenvalue weighted by Crippen LogP contribution is -2.57. The van der Waals surface area contributed by atoms with E-state index >= 15 is 0 Å². The molecule has 2 unspecified atom stereocenters. The number of halogens is 2. The number of hydrogen-bond donors (Lipinski definition) is 1. The van der Waals surface area contributed by atoms with Crippen LogP contribution >= 0.6 is 23.2 Å². The highest BCUT2D eigenvalue weighted by atomic mass is 35.5. The molecule has 2 heterocycles. The van der Waals surface area contributed by atoms with E-state index in [1.165, 1.54) is 50.6 Å². The van der Waals surface area contributed by atoms with Crippen molar-refractivity contribution in [2.24, 2.45) is 0 Å². The monoisotopic (exact) mass is 576 g/mol. The van der Waals surface area contributed by atoms with Gasteiger partial charge in [0, 0.05) is 40.3 Å². The zero-order valence-electron chi connectivity index (χ0n) is 20.7. The number of rotatable bonds is 6. The van der Waals surface area contributed by atoms with Crippen LogP contribution in [0.25, 0.3) is 0 Å². The summed E-state index contributed by atoms with van der Waals surface area (Å²) in [5.41, 5.74) is -1.63. The number of aliphatic hydroxyl groups is 1. The van der Waals surface area contributed by atoms with Crippen LogP contribution in [0, 0.1) is 0 Å². The first kappa shape index (κ1) is 26.6. The number of fused-ring (bicyclic) bond motifs is 1. The smallest absolute Gasteiger partial charge is 0.265 e. The Kier molecular flexibility index (Phi) is 6.98. The van der Waals surface area contributed by atoms with Gasteiger partial charge in [0.15, 0.2) is 17.5 Å². The van der Waals surface area contributed by atoms with Gasteiger partial charge in [-0.1, -0.05) is 41.4 Å². The minimum Gasteiger partial charge on any atom is -0.493 e. The van der Waals surface area contributed by atoms with Crippen LogP contribution in [0.1, 0.15) is 24.0 Å². The van der Waals surface area contributed by atoms with E-state index in [0.717, 1.165) is 17.1 Å². The number of carbonyl (C=O) groups excluding carboxylic acids is 1. The summed E-state index contributed by atoms with van der Waals surface area (Å²) in [5, 5.41) is 13.0. The first-order chi connectivity index (χ1) is 18.1. The zero-order chi connectivity index (χ0) is 27.2. The molecule has 0 aliphatic carbocycles. The lowest BCUT2D eigenvalue weighted by Gasteiger charge is -2.36. The standard InChI is InChI=1S/C27H26Cl2N2O6S/c1-36-23-12-10-18(16-24(23)37-2)38(34,35)31-22-11-9-17(28)15-20(22)27(33,19-7-3-4-8-21(19)29)25(31)26(32)30-13-5-6-14-30/h3-4,7-12,15-16,25,33H,5-6,13-14H2,1-2H3. The molecule has 0 spiro atoms. The summed E-state index contributed by atoms with van der Waals surface area (Å²) < 4.78 is 40.3. The molecule has 3 aromatic carbocycles. The average Bonchev–Trinajstić information content (AvgIpc) is 3.54. The second-order valence-corrected chi connectivity index (χ2v) is 11.8. The van der Waals surface area contributed by atoms with E-state index in [4.69, 9.17) is 32.7 Å². The van der Waals surface area contributed by atoms with Gasteiger partial charge in [-0.25, -0.2) is 12.7 Å². The van der Waals surface area contributed by atoms with Gasteiger partial charge in [0.2, 0.25) is 5.91 Å². The molecule has 2 aliphatic heterocycles. The number of carbonyl (C=O) groups is 1. The Morgan fingerprint density at radius 2 is 1.63 bits per heavy atom.